The fourth-order valence-corrected chi connectivity index (χ4v) is 2.67. The highest BCUT2D eigenvalue weighted by Crippen LogP contribution is 2.44. The zero-order valence-electron chi connectivity index (χ0n) is 9.00. The molecule has 0 saturated heterocycles. The molecule has 1 fully saturated rings. The molecule has 0 spiro atoms. The van der Waals surface area contributed by atoms with Crippen molar-refractivity contribution in [1.29, 1.82) is 0 Å². The third-order valence-corrected chi connectivity index (χ3v) is 4.09. The van der Waals surface area contributed by atoms with Crippen LogP contribution in [0.1, 0.15) is 32.6 Å². The molecule has 0 bridgehead atoms. The lowest BCUT2D eigenvalue weighted by molar-refractivity contribution is 0.0988. The van der Waals surface area contributed by atoms with Crippen LogP contribution in [-0.4, -0.2) is 4.57 Å². The summed E-state index contributed by atoms with van der Waals surface area (Å²) in [4.78, 5) is 11.6. The van der Waals surface area contributed by atoms with Crippen molar-refractivity contribution in [3.63, 3.8) is 0 Å². The normalized spacial score (nSPS) is 18.5. The quantitative estimate of drug-likeness (QED) is 0.826. The molecule has 2 nitrogen and oxygen atoms in total. The zero-order chi connectivity index (χ0) is 10.9. The van der Waals surface area contributed by atoms with Gasteiger partial charge in [0.2, 0.25) is 0 Å². The number of pyridine rings is 1. The zero-order valence-corrected chi connectivity index (χ0v) is 10.6. The summed E-state index contributed by atoms with van der Waals surface area (Å²) >= 11 is 3.41. The predicted octanol–water partition coefficient (Wildman–Crippen LogP) is 3.19. The maximum Gasteiger partial charge on any atom is 0.250 e. The molecule has 0 unspecified atom stereocenters. The lowest BCUT2D eigenvalue weighted by Gasteiger charge is -2.41. The first-order chi connectivity index (χ1) is 7.15. The van der Waals surface area contributed by atoms with Gasteiger partial charge in [-0.15, -0.1) is 0 Å². The van der Waals surface area contributed by atoms with Gasteiger partial charge in [-0.3, -0.25) is 4.79 Å². The monoisotopic (exact) mass is 269 g/mol. The van der Waals surface area contributed by atoms with Crippen molar-refractivity contribution in [2.45, 2.75) is 39.2 Å². The summed E-state index contributed by atoms with van der Waals surface area (Å²) in [7, 11) is 0. The lowest BCUT2D eigenvalue weighted by atomic mass is 9.67. The average Bonchev–Trinajstić information content (AvgIpc) is 2.17. The van der Waals surface area contributed by atoms with Crippen LogP contribution in [0.25, 0.3) is 0 Å². The van der Waals surface area contributed by atoms with Crippen LogP contribution in [0, 0.1) is 5.41 Å². The van der Waals surface area contributed by atoms with Crippen LogP contribution in [0.15, 0.2) is 27.6 Å². The Morgan fingerprint density at radius 2 is 2.20 bits per heavy atom. The fraction of sp³-hybridized carbons (Fsp3) is 0.583. The first kappa shape index (κ1) is 10.9. The minimum absolute atomic E-state index is 0.109. The summed E-state index contributed by atoms with van der Waals surface area (Å²) in [6, 6.07) is 3.43. The molecular formula is C12H16BrNO. The molecule has 1 saturated carbocycles. The average molecular weight is 270 g/mol. The molecule has 1 heterocycles. The number of hydrogen-bond acceptors (Lipinski definition) is 1. The molecule has 2 rings (SSSR count). The first-order valence-corrected chi connectivity index (χ1v) is 6.30. The number of rotatable bonds is 3. The van der Waals surface area contributed by atoms with E-state index >= 15 is 0 Å². The Labute approximate surface area is 98.4 Å². The molecule has 0 aromatic carbocycles. The van der Waals surface area contributed by atoms with Crippen molar-refractivity contribution < 1.29 is 0 Å². The van der Waals surface area contributed by atoms with Gasteiger partial charge in [-0.05, 0) is 46.7 Å². The molecule has 1 aliphatic carbocycles. The van der Waals surface area contributed by atoms with E-state index in [1.807, 2.05) is 10.8 Å². The van der Waals surface area contributed by atoms with E-state index < -0.39 is 0 Å². The minimum Gasteiger partial charge on any atom is -0.314 e. The largest absolute Gasteiger partial charge is 0.314 e. The van der Waals surface area contributed by atoms with Crippen LogP contribution in [-0.2, 0) is 6.54 Å². The number of nitrogens with zero attached hydrogens (tertiary/aromatic N) is 1. The number of hydrogen-bond donors (Lipinski definition) is 0. The standard InChI is InChI=1S/C12H16BrNO/c1-2-12(6-3-7-12)9-14-8-10(13)4-5-11(14)15/h4-5,8H,2-3,6-7,9H2,1H3. The second-order valence-corrected chi connectivity index (χ2v) is 5.44. The van der Waals surface area contributed by atoms with E-state index in [4.69, 9.17) is 0 Å². The highest BCUT2D eigenvalue weighted by molar-refractivity contribution is 9.10. The SMILES string of the molecule is CCC1(Cn2cc(Br)ccc2=O)CCC1. The number of aromatic nitrogens is 1. The molecule has 0 atom stereocenters. The van der Waals surface area contributed by atoms with Crippen LogP contribution in [0.4, 0.5) is 0 Å². The Kier molecular flexibility index (Phi) is 3.01. The maximum absolute atomic E-state index is 11.6. The van der Waals surface area contributed by atoms with Crippen LogP contribution in [0.5, 0.6) is 0 Å². The summed E-state index contributed by atoms with van der Waals surface area (Å²) < 4.78 is 2.82. The minimum atomic E-state index is 0.109. The fourth-order valence-electron chi connectivity index (χ4n) is 2.29. The highest BCUT2D eigenvalue weighted by atomic mass is 79.9. The molecule has 0 amide bonds. The van der Waals surface area contributed by atoms with Crippen molar-refractivity contribution in [3.05, 3.63) is 33.2 Å². The van der Waals surface area contributed by atoms with Crippen molar-refractivity contribution in [1.82, 2.24) is 4.57 Å². The van der Waals surface area contributed by atoms with Crippen molar-refractivity contribution >= 4 is 15.9 Å². The van der Waals surface area contributed by atoms with Gasteiger partial charge >= 0.3 is 0 Å². The van der Waals surface area contributed by atoms with E-state index in [9.17, 15) is 4.79 Å². The van der Waals surface area contributed by atoms with Crippen molar-refractivity contribution in [2.24, 2.45) is 5.41 Å². The van der Waals surface area contributed by atoms with Crippen LogP contribution < -0.4 is 5.56 Å². The molecule has 0 aliphatic heterocycles. The smallest absolute Gasteiger partial charge is 0.250 e. The Bertz CT molecular complexity index is 401. The van der Waals surface area contributed by atoms with E-state index in [1.165, 1.54) is 25.7 Å². The van der Waals surface area contributed by atoms with Gasteiger partial charge in [0.15, 0.2) is 0 Å². The maximum atomic E-state index is 11.6. The van der Waals surface area contributed by atoms with Gasteiger partial charge in [-0.1, -0.05) is 13.3 Å². The predicted molar refractivity (Wildman–Crippen MR) is 65.0 cm³/mol. The van der Waals surface area contributed by atoms with Gasteiger partial charge in [0.1, 0.15) is 0 Å². The summed E-state index contributed by atoms with van der Waals surface area (Å²) in [6.07, 6.45) is 6.92. The summed E-state index contributed by atoms with van der Waals surface area (Å²) in [5.41, 5.74) is 0.503. The topological polar surface area (TPSA) is 22.0 Å². The molecular weight excluding hydrogens is 254 g/mol. The molecule has 15 heavy (non-hydrogen) atoms. The first-order valence-electron chi connectivity index (χ1n) is 5.51. The molecule has 1 aromatic rings. The van der Waals surface area contributed by atoms with Gasteiger partial charge in [0, 0.05) is 23.3 Å². The lowest BCUT2D eigenvalue weighted by Crippen LogP contribution is -2.36. The van der Waals surface area contributed by atoms with Gasteiger partial charge in [-0.25, -0.2) is 0 Å². The Hall–Kier alpha value is -0.570. The second kappa shape index (κ2) is 4.12. The third-order valence-electron chi connectivity index (χ3n) is 3.62. The van der Waals surface area contributed by atoms with Crippen LogP contribution in [0.2, 0.25) is 0 Å². The molecule has 1 aromatic heterocycles. The van der Waals surface area contributed by atoms with Crippen LogP contribution >= 0.6 is 15.9 Å². The van der Waals surface area contributed by atoms with E-state index in [0.717, 1.165) is 11.0 Å². The Balaban J connectivity index is 2.23. The van der Waals surface area contributed by atoms with E-state index in [1.54, 1.807) is 12.1 Å². The van der Waals surface area contributed by atoms with Gasteiger partial charge in [0.25, 0.3) is 5.56 Å². The van der Waals surface area contributed by atoms with Gasteiger partial charge in [-0.2, -0.15) is 0 Å². The second-order valence-electron chi connectivity index (χ2n) is 4.52. The van der Waals surface area contributed by atoms with Crippen molar-refractivity contribution in [2.75, 3.05) is 0 Å². The molecule has 82 valence electrons. The van der Waals surface area contributed by atoms with E-state index in [0.29, 0.717) is 5.41 Å². The summed E-state index contributed by atoms with van der Waals surface area (Å²) in [5.74, 6) is 0. The Morgan fingerprint density at radius 1 is 1.47 bits per heavy atom. The molecule has 1 aliphatic rings. The molecule has 0 radical (unpaired) electrons. The third kappa shape index (κ3) is 2.17. The Morgan fingerprint density at radius 3 is 2.73 bits per heavy atom. The number of halogens is 1. The van der Waals surface area contributed by atoms with E-state index in [-0.39, 0.29) is 5.56 Å². The van der Waals surface area contributed by atoms with Crippen LogP contribution in [0.3, 0.4) is 0 Å². The molecule has 0 N–H and O–H groups in total. The van der Waals surface area contributed by atoms with Gasteiger partial charge in [0.05, 0.1) is 0 Å². The summed E-state index contributed by atoms with van der Waals surface area (Å²) in [5, 5.41) is 0. The summed E-state index contributed by atoms with van der Waals surface area (Å²) in [6.45, 7) is 3.10. The molecule has 3 heteroatoms. The van der Waals surface area contributed by atoms with Crippen molar-refractivity contribution in [3.8, 4) is 0 Å². The highest BCUT2D eigenvalue weighted by Gasteiger charge is 2.35. The van der Waals surface area contributed by atoms with Gasteiger partial charge < -0.3 is 4.57 Å². The van der Waals surface area contributed by atoms with E-state index in [2.05, 4.69) is 22.9 Å².